The molecule has 1 aromatic heterocycles. The zero-order valence-electron chi connectivity index (χ0n) is 25.7. The maximum atomic E-state index is 14.1. The third kappa shape index (κ3) is 6.01. The van der Waals surface area contributed by atoms with Crippen LogP contribution >= 0.6 is 0 Å². The molecule has 10 unspecified atom stereocenters. The van der Waals surface area contributed by atoms with Crippen molar-refractivity contribution >= 4 is 11.0 Å². The minimum absolute atomic E-state index is 0.0322. The molecule has 2 aromatic carbocycles. The summed E-state index contributed by atoms with van der Waals surface area (Å²) in [4.78, 5) is 14.1. The van der Waals surface area contributed by atoms with Gasteiger partial charge < -0.3 is 68.2 Å². The van der Waals surface area contributed by atoms with Crippen molar-refractivity contribution in [1.29, 1.82) is 0 Å². The van der Waals surface area contributed by atoms with E-state index in [0.717, 1.165) is 0 Å². The maximum Gasteiger partial charge on any atom is 0.229 e. The minimum Gasteiger partial charge on any atom is -0.496 e. The number of fused-ring (bicyclic) bond motifs is 1. The zero-order chi connectivity index (χ0) is 33.4. The smallest absolute Gasteiger partial charge is 0.229 e. The van der Waals surface area contributed by atoms with E-state index < -0.39 is 73.4 Å². The first-order chi connectivity index (χ1) is 21.9. The van der Waals surface area contributed by atoms with Crippen molar-refractivity contribution < 1.29 is 68.2 Å². The summed E-state index contributed by atoms with van der Waals surface area (Å²) in [5, 5.41) is 62.5. The standard InChI is InChI=1S/C31H38O15/c1-12-17(40-4)9-19(21-23(34)15(11-42-28(12)21)14-6-7-16(39-3)18(8-14)41-5)44-31-29(26(37)24(35)20(10-32)45-31)46-30-27(38)25(36)22(33)13(2)43-30/h6-9,11,13,20,22,24-27,29-33,35-38H,10H2,1-5H3. The van der Waals surface area contributed by atoms with E-state index in [1.54, 1.807) is 25.1 Å². The molecule has 0 spiro atoms. The third-order valence-electron chi connectivity index (χ3n) is 8.29. The summed E-state index contributed by atoms with van der Waals surface area (Å²) < 4.78 is 45.4. The number of ether oxygens (including phenoxy) is 7. The van der Waals surface area contributed by atoms with E-state index in [2.05, 4.69) is 0 Å². The van der Waals surface area contributed by atoms with E-state index in [-0.39, 0.29) is 28.0 Å². The minimum atomic E-state index is -1.77. The highest BCUT2D eigenvalue weighted by Gasteiger charge is 2.51. The average Bonchev–Trinajstić information content (AvgIpc) is 3.06. The molecule has 252 valence electrons. The summed E-state index contributed by atoms with van der Waals surface area (Å²) in [5.74, 6) is 0.971. The van der Waals surface area contributed by atoms with E-state index in [0.29, 0.717) is 22.6 Å². The fourth-order valence-corrected chi connectivity index (χ4v) is 5.59. The van der Waals surface area contributed by atoms with Crippen LogP contribution in [0, 0.1) is 6.92 Å². The summed E-state index contributed by atoms with van der Waals surface area (Å²) in [7, 11) is 4.35. The number of hydrogen-bond donors (Lipinski definition) is 6. The van der Waals surface area contributed by atoms with Crippen molar-refractivity contribution in [3.8, 4) is 34.1 Å². The lowest BCUT2D eigenvalue weighted by Gasteiger charge is -2.45. The lowest BCUT2D eigenvalue weighted by molar-refractivity contribution is -0.354. The first-order valence-corrected chi connectivity index (χ1v) is 14.4. The number of methoxy groups -OCH3 is 3. The van der Waals surface area contributed by atoms with E-state index in [1.807, 2.05) is 0 Å². The molecule has 46 heavy (non-hydrogen) atoms. The maximum absolute atomic E-state index is 14.1. The van der Waals surface area contributed by atoms with Gasteiger partial charge in [0.1, 0.15) is 65.4 Å². The van der Waals surface area contributed by atoms with Crippen LogP contribution in [0.3, 0.4) is 0 Å². The Hall–Kier alpha value is -3.51. The van der Waals surface area contributed by atoms with Crippen LogP contribution < -0.4 is 24.4 Å². The summed E-state index contributed by atoms with van der Waals surface area (Å²) >= 11 is 0. The Balaban J connectivity index is 1.60. The van der Waals surface area contributed by atoms with Crippen LogP contribution in [0.5, 0.6) is 23.0 Å². The van der Waals surface area contributed by atoms with Gasteiger partial charge in [-0.2, -0.15) is 0 Å². The monoisotopic (exact) mass is 650 g/mol. The molecule has 15 heteroatoms. The molecule has 6 N–H and O–H groups in total. The molecular weight excluding hydrogens is 612 g/mol. The van der Waals surface area contributed by atoms with Gasteiger partial charge in [0.05, 0.1) is 39.6 Å². The second-order valence-electron chi connectivity index (χ2n) is 11.1. The highest BCUT2D eigenvalue weighted by molar-refractivity contribution is 5.91. The van der Waals surface area contributed by atoms with Gasteiger partial charge in [-0.05, 0) is 31.5 Å². The van der Waals surface area contributed by atoms with Gasteiger partial charge in [-0.1, -0.05) is 6.07 Å². The van der Waals surface area contributed by atoms with Crippen molar-refractivity contribution in [3.63, 3.8) is 0 Å². The normalized spacial score (nSPS) is 31.5. The molecule has 2 fully saturated rings. The second kappa shape index (κ2) is 13.7. The van der Waals surface area contributed by atoms with Crippen molar-refractivity contribution in [2.45, 2.75) is 75.3 Å². The van der Waals surface area contributed by atoms with Crippen LogP contribution in [0.4, 0.5) is 0 Å². The number of aliphatic hydroxyl groups is 6. The summed E-state index contributed by atoms with van der Waals surface area (Å²) in [5.41, 5.74) is 0.665. The molecular formula is C31H38O15. The van der Waals surface area contributed by atoms with Gasteiger partial charge in [-0.3, -0.25) is 4.79 Å². The lowest BCUT2D eigenvalue weighted by atomic mass is 9.97. The van der Waals surface area contributed by atoms with Gasteiger partial charge in [-0.15, -0.1) is 0 Å². The Morgan fingerprint density at radius 2 is 1.48 bits per heavy atom. The fraction of sp³-hybridized carbons (Fsp3) is 0.516. The molecule has 0 radical (unpaired) electrons. The average molecular weight is 651 g/mol. The molecule has 2 aliphatic heterocycles. The van der Waals surface area contributed by atoms with Crippen LogP contribution in [-0.4, -0.2) is 120 Å². The largest absolute Gasteiger partial charge is 0.496 e. The molecule has 15 nitrogen and oxygen atoms in total. The van der Waals surface area contributed by atoms with Gasteiger partial charge in [0, 0.05) is 11.6 Å². The van der Waals surface area contributed by atoms with Crippen LogP contribution in [0.1, 0.15) is 12.5 Å². The second-order valence-corrected chi connectivity index (χ2v) is 11.1. The fourth-order valence-electron chi connectivity index (χ4n) is 5.59. The third-order valence-corrected chi connectivity index (χ3v) is 8.29. The van der Waals surface area contributed by atoms with Gasteiger partial charge in [0.2, 0.25) is 11.7 Å². The number of rotatable bonds is 9. The predicted molar refractivity (Wildman–Crippen MR) is 158 cm³/mol. The van der Waals surface area contributed by atoms with Crippen LogP contribution in [0.25, 0.3) is 22.1 Å². The topological polar surface area (TPSA) is 216 Å². The van der Waals surface area contributed by atoms with E-state index in [9.17, 15) is 35.4 Å². The van der Waals surface area contributed by atoms with Crippen molar-refractivity contribution in [3.05, 3.63) is 46.3 Å². The van der Waals surface area contributed by atoms with Crippen LogP contribution in [0.15, 0.2) is 39.7 Å². The molecule has 0 amide bonds. The van der Waals surface area contributed by atoms with Crippen LogP contribution in [0.2, 0.25) is 0 Å². The first-order valence-electron chi connectivity index (χ1n) is 14.4. The molecule has 2 aliphatic rings. The Kier molecular flexibility index (Phi) is 10.1. The van der Waals surface area contributed by atoms with E-state index in [4.69, 9.17) is 37.6 Å². The Labute approximate surface area is 263 Å². The number of aliphatic hydroxyl groups excluding tert-OH is 6. The van der Waals surface area contributed by atoms with Crippen molar-refractivity contribution in [2.24, 2.45) is 0 Å². The number of aryl methyl sites for hydroxylation is 1. The van der Waals surface area contributed by atoms with Gasteiger partial charge in [0.25, 0.3) is 0 Å². The van der Waals surface area contributed by atoms with Gasteiger partial charge in [-0.25, -0.2) is 0 Å². The Morgan fingerprint density at radius 1 is 0.783 bits per heavy atom. The predicted octanol–water partition coefficient (Wildman–Crippen LogP) is -0.175. The highest BCUT2D eigenvalue weighted by Crippen LogP contribution is 2.39. The Morgan fingerprint density at radius 3 is 2.13 bits per heavy atom. The summed E-state index contributed by atoms with van der Waals surface area (Å²) in [6, 6.07) is 6.29. The summed E-state index contributed by atoms with van der Waals surface area (Å²) in [6.07, 6.45) is -14.2. The SMILES string of the molecule is COc1ccc(-c2coc3c(C)c(OC)cc(OC4OC(CO)C(O)C(O)C4OC4OC(C)C(O)C(O)C4O)c3c2=O)cc1OC. The molecule has 2 saturated heterocycles. The lowest BCUT2D eigenvalue weighted by Crippen LogP contribution is -2.64. The first kappa shape index (κ1) is 33.8. The zero-order valence-corrected chi connectivity index (χ0v) is 25.7. The van der Waals surface area contributed by atoms with E-state index >= 15 is 0 Å². The highest BCUT2D eigenvalue weighted by atomic mass is 16.8. The quantitative estimate of drug-likeness (QED) is 0.177. The van der Waals surface area contributed by atoms with Crippen molar-refractivity contribution in [2.75, 3.05) is 27.9 Å². The van der Waals surface area contributed by atoms with Gasteiger partial charge >= 0.3 is 0 Å². The molecule has 3 aromatic rings. The Bertz CT molecular complexity index is 1590. The van der Waals surface area contributed by atoms with Crippen LogP contribution in [-0.2, 0) is 14.2 Å². The number of hydrogen-bond acceptors (Lipinski definition) is 15. The molecule has 10 atom stereocenters. The molecule has 0 aliphatic carbocycles. The molecule has 3 heterocycles. The number of benzene rings is 2. The van der Waals surface area contributed by atoms with Gasteiger partial charge in [0.15, 0.2) is 23.9 Å². The molecule has 0 bridgehead atoms. The van der Waals surface area contributed by atoms with Crippen molar-refractivity contribution in [1.82, 2.24) is 0 Å². The molecule has 5 rings (SSSR count). The molecule has 0 saturated carbocycles. The van der Waals surface area contributed by atoms with E-state index in [1.165, 1.54) is 40.6 Å². The summed E-state index contributed by atoms with van der Waals surface area (Å²) in [6.45, 7) is 2.39.